The zero-order valence-electron chi connectivity index (χ0n) is 7.43. The number of nitrogens with zero attached hydrogens (tertiary/aromatic N) is 2. The van der Waals surface area contributed by atoms with E-state index in [4.69, 9.17) is 22.0 Å². The zero-order chi connectivity index (χ0) is 10.0. The summed E-state index contributed by atoms with van der Waals surface area (Å²) in [6.07, 6.45) is 0. The largest absolute Gasteiger partial charge is 0.390 e. The molecule has 1 heterocycles. The van der Waals surface area contributed by atoms with Gasteiger partial charge in [-0.1, -0.05) is 11.6 Å². The molecule has 0 atom stereocenters. The third-order valence-corrected chi connectivity index (χ3v) is 2.43. The van der Waals surface area contributed by atoms with Crippen molar-refractivity contribution in [2.45, 2.75) is 20.5 Å². The van der Waals surface area contributed by atoms with Gasteiger partial charge in [0.1, 0.15) is 6.07 Å². The molecule has 0 saturated carbocycles. The van der Waals surface area contributed by atoms with Gasteiger partial charge in [-0.05, 0) is 19.4 Å². The molecule has 0 fully saturated rings. The number of aliphatic hydroxyl groups excluding tert-OH is 1. The van der Waals surface area contributed by atoms with Crippen LogP contribution in [0.3, 0.4) is 0 Å². The van der Waals surface area contributed by atoms with Crippen molar-refractivity contribution in [3.63, 3.8) is 0 Å². The molecule has 3 nitrogen and oxygen atoms in total. The molecule has 13 heavy (non-hydrogen) atoms. The van der Waals surface area contributed by atoms with Crippen LogP contribution in [0.25, 0.3) is 0 Å². The fourth-order valence-corrected chi connectivity index (χ4v) is 1.30. The van der Waals surface area contributed by atoms with Crippen molar-refractivity contribution in [3.05, 3.63) is 27.5 Å². The molecule has 0 saturated heterocycles. The van der Waals surface area contributed by atoms with E-state index in [1.807, 2.05) is 6.07 Å². The van der Waals surface area contributed by atoms with Crippen molar-refractivity contribution in [1.29, 1.82) is 5.26 Å². The van der Waals surface area contributed by atoms with Crippen LogP contribution < -0.4 is 0 Å². The van der Waals surface area contributed by atoms with Crippen molar-refractivity contribution in [1.82, 2.24) is 4.98 Å². The first kappa shape index (κ1) is 9.97. The lowest BCUT2D eigenvalue weighted by Crippen LogP contribution is -2.01. The van der Waals surface area contributed by atoms with E-state index in [0.717, 1.165) is 0 Å². The Kier molecular flexibility index (Phi) is 2.86. The molecule has 1 aromatic rings. The maximum Gasteiger partial charge on any atom is 0.101 e. The maximum atomic E-state index is 8.93. The minimum atomic E-state index is -0.234. The van der Waals surface area contributed by atoms with Crippen LogP contribution in [-0.4, -0.2) is 10.1 Å². The highest BCUT2D eigenvalue weighted by molar-refractivity contribution is 6.32. The van der Waals surface area contributed by atoms with Crippen molar-refractivity contribution < 1.29 is 5.11 Å². The van der Waals surface area contributed by atoms with Crippen LogP contribution in [0.2, 0.25) is 5.02 Å². The number of aliphatic hydroxyl groups is 1. The predicted octanol–water partition coefficient (Wildman–Crippen LogP) is 1.72. The Morgan fingerprint density at radius 3 is 2.62 bits per heavy atom. The van der Waals surface area contributed by atoms with Gasteiger partial charge in [-0.15, -0.1) is 0 Å². The summed E-state index contributed by atoms with van der Waals surface area (Å²) >= 11 is 5.90. The standard InChI is InChI=1S/C9H9ClN2O/c1-5-7(3-11)8(4-13)12-6(2)9(5)10/h13H,4H2,1-2H3. The normalized spacial score (nSPS) is 9.77. The van der Waals surface area contributed by atoms with Gasteiger partial charge in [0.05, 0.1) is 28.6 Å². The van der Waals surface area contributed by atoms with Gasteiger partial charge in [-0.25, -0.2) is 0 Å². The van der Waals surface area contributed by atoms with Crippen LogP contribution in [0.5, 0.6) is 0 Å². The second-order valence-electron chi connectivity index (χ2n) is 2.73. The van der Waals surface area contributed by atoms with Gasteiger partial charge in [0.25, 0.3) is 0 Å². The molecule has 68 valence electrons. The lowest BCUT2D eigenvalue weighted by molar-refractivity contribution is 0.276. The summed E-state index contributed by atoms with van der Waals surface area (Å²) in [5, 5.41) is 18.2. The van der Waals surface area contributed by atoms with Gasteiger partial charge < -0.3 is 5.11 Å². The highest BCUT2D eigenvalue weighted by atomic mass is 35.5. The molecule has 1 aromatic heterocycles. The summed E-state index contributed by atoms with van der Waals surface area (Å²) in [7, 11) is 0. The second-order valence-corrected chi connectivity index (χ2v) is 3.11. The lowest BCUT2D eigenvalue weighted by atomic mass is 10.1. The second kappa shape index (κ2) is 3.73. The van der Waals surface area contributed by atoms with E-state index in [-0.39, 0.29) is 6.61 Å². The Labute approximate surface area is 81.6 Å². The Balaban J connectivity index is 3.50. The number of hydrogen-bond donors (Lipinski definition) is 1. The average molecular weight is 197 g/mol. The van der Waals surface area contributed by atoms with Crippen LogP contribution in [-0.2, 0) is 6.61 Å². The molecule has 0 aromatic carbocycles. The fraction of sp³-hybridized carbons (Fsp3) is 0.333. The minimum absolute atomic E-state index is 0.234. The molecule has 0 bridgehead atoms. The molecule has 0 radical (unpaired) electrons. The van der Waals surface area contributed by atoms with E-state index in [2.05, 4.69) is 4.98 Å². The van der Waals surface area contributed by atoms with Crippen LogP contribution in [0.15, 0.2) is 0 Å². The van der Waals surface area contributed by atoms with Gasteiger partial charge in [-0.3, -0.25) is 4.98 Å². The molecular weight excluding hydrogens is 188 g/mol. The van der Waals surface area contributed by atoms with Crippen LogP contribution in [0, 0.1) is 25.2 Å². The Morgan fingerprint density at radius 2 is 2.15 bits per heavy atom. The molecule has 0 amide bonds. The van der Waals surface area contributed by atoms with Crippen LogP contribution in [0.1, 0.15) is 22.5 Å². The van der Waals surface area contributed by atoms with E-state index in [1.54, 1.807) is 13.8 Å². The van der Waals surface area contributed by atoms with Gasteiger partial charge in [0, 0.05) is 0 Å². The number of aromatic nitrogens is 1. The minimum Gasteiger partial charge on any atom is -0.390 e. The summed E-state index contributed by atoms with van der Waals surface area (Å²) in [5.74, 6) is 0. The molecule has 0 spiro atoms. The maximum absolute atomic E-state index is 8.93. The van der Waals surface area contributed by atoms with Gasteiger partial charge in [0.2, 0.25) is 0 Å². The molecular formula is C9H9ClN2O. The average Bonchev–Trinajstić information content (AvgIpc) is 2.13. The van der Waals surface area contributed by atoms with Gasteiger partial charge >= 0.3 is 0 Å². The molecule has 1 rings (SSSR count). The SMILES string of the molecule is Cc1nc(CO)c(C#N)c(C)c1Cl. The van der Waals surface area contributed by atoms with E-state index < -0.39 is 0 Å². The van der Waals surface area contributed by atoms with E-state index in [1.165, 1.54) is 0 Å². The van der Waals surface area contributed by atoms with E-state index >= 15 is 0 Å². The topological polar surface area (TPSA) is 56.9 Å². The zero-order valence-corrected chi connectivity index (χ0v) is 8.18. The molecule has 0 unspecified atom stereocenters. The van der Waals surface area contributed by atoms with Gasteiger partial charge in [-0.2, -0.15) is 5.26 Å². The lowest BCUT2D eigenvalue weighted by Gasteiger charge is -2.07. The van der Waals surface area contributed by atoms with E-state index in [9.17, 15) is 0 Å². The first-order chi connectivity index (χ1) is 6.11. The summed E-state index contributed by atoms with van der Waals surface area (Å²) in [6, 6.07) is 1.98. The molecule has 4 heteroatoms. The summed E-state index contributed by atoms with van der Waals surface area (Å²) in [4.78, 5) is 4.02. The predicted molar refractivity (Wildman–Crippen MR) is 49.4 cm³/mol. The first-order valence-electron chi connectivity index (χ1n) is 3.78. The monoisotopic (exact) mass is 196 g/mol. The number of pyridine rings is 1. The Hall–Kier alpha value is -1.11. The summed E-state index contributed by atoms with van der Waals surface area (Å²) in [6.45, 7) is 3.26. The highest BCUT2D eigenvalue weighted by Crippen LogP contribution is 2.23. The molecule has 0 aliphatic rings. The van der Waals surface area contributed by atoms with Crippen molar-refractivity contribution in [2.24, 2.45) is 0 Å². The number of rotatable bonds is 1. The van der Waals surface area contributed by atoms with E-state index in [0.29, 0.717) is 27.5 Å². The fourth-order valence-electron chi connectivity index (χ4n) is 1.17. The van der Waals surface area contributed by atoms with Gasteiger partial charge in [0.15, 0.2) is 0 Å². The number of hydrogen-bond acceptors (Lipinski definition) is 3. The smallest absolute Gasteiger partial charge is 0.101 e. The first-order valence-corrected chi connectivity index (χ1v) is 4.16. The molecule has 1 N–H and O–H groups in total. The van der Waals surface area contributed by atoms with Crippen LogP contribution in [0.4, 0.5) is 0 Å². The molecule has 0 aliphatic heterocycles. The van der Waals surface area contributed by atoms with Crippen molar-refractivity contribution in [3.8, 4) is 6.07 Å². The van der Waals surface area contributed by atoms with Crippen LogP contribution >= 0.6 is 11.6 Å². The quantitative estimate of drug-likeness (QED) is 0.744. The summed E-state index contributed by atoms with van der Waals surface area (Å²) in [5.41, 5.74) is 2.09. The Bertz CT molecular complexity index is 382. The highest BCUT2D eigenvalue weighted by Gasteiger charge is 2.11. The number of halogens is 1. The number of aryl methyl sites for hydroxylation is 1. The summed E-state index contributed by atoms with van der Waals surface area (Å²) < 4.78 is 0. The number of nitriles is 1. The van der Waals surface area contributed by atoms with Crippen molar-refractivity contribution in [2.75, 3.05) is 0 Å². The Morgan fingerprint density at radius 1 is 1.54 bits per heavy atom. The molecule has 0 aliphatic carbocycles. The third-order valence-electron chi connectivity index (χ3n) is 1.87. The third kappa shape index (κ3) is 1.64. The van der Waals surface area contributed by atoms with Crippen molar-refractivity contribution >= 4 is 11.6 Å².